The van der Waals surface area contributed by atoms with E-state index in [4.69, 9.17) is 20.8 Å². The number of benzene rings is 2. The van der Waals surface area contributed by atoms with Crippen LogP contribution in [-0.4, -0.2) is 24.3 Å². The van der Waals surface area contributed by atoms with Gasteiger partial charge in [0.05, 0.1) is 18.3 Å². The van der Waals surface area contributed by atoms with Crippen molar-refractivity contribution in [3.8, 4) is 11.5 Å². The number of halogens is 1. The van der Waals surface area contributed by atoms with Crippen LogP contribution >= 0.6 is 11.6 Å². The molecule has 0 bridgehead atoms. The smallest absolute Gasteiger partial charge is 0.307 e. The third-order valence-electron chi connectivity index (χ3n) is 3.70. The monoisotopic (exact) mass is 358 g/mol. The molecule has 2 aromatic carbocycles. The summed E-state index contributed by atoms with van der Waals surface area (Å²) in [6, 6.07) is 10.5. The van der Waals surface area contributed by atoms with E-state index in [-0.39, 0.29) is 22.3 Å². The molecule has 0 saturated heterocycles. The fourth-order valence-electron chi connectivity index (χ4n) is 2.43. The summed E-state index contributed by atoms with van der Waals surface area (Å²) < 4.78 is 10.6. The summed E-state index contributed by atoms with van der Waals surface area (Å²) >= 11 is 5.91. The number of aryl methyl sites for hydroxylation is 1. The zero-order valence-corrected chi connectivity index (χ0v) is 14.3. The van der Waals surface area contributed by atoms with Gasteiger partial charge in [0.15, 0.2) is 17.3 Å². The van der Waals surface area contributed by atoms with Crippen LogP contribution in [0.15, 0.2) is 45.9 Å². The molecule has 1 aromatic heterocycles. The molecule has 0 fully saturated rings. The highest BCUT2D eigenvalue weighted by atomic mass is 35.5. The van der Waals surface area contributed by atoms with Crippen molar-refractivity contribution in [1.29, 1.82) is 0 Å². The molecule has 3 rings (SSSR count). The van der Waals surface area contributed by atoms with Gasteiger partial charge in [-0.2, -0.15) is 5.10 Å². The Kier molecular flexibility index (Phi) is 4.63. The van der Waals surface area contributed by atoms with Crippen LogP contribution in [0.3, 0.4) is 0 Å². The zero-order chi connectivity index (χ0) is 18.0. The number of amides is 1. The second-order valence-electron chi connectivity index (χ2n) is 5.31. The van der Waals surface area contributed by atoms with Crippen molar-refractivity contribution in [2.45, 2.75) is 6.92 Å². The van der Waals surface area contributed by atoms with Crippen molar-refractivity contribution in [3.63, 3.8) is 0 Å². The first-order chi connectivity index (χ1) is 12.0. The zero-order valence-electron chi connectivity index (χ0n) is 13.5. The Morgan fingerprint density at radius 1 is 1.36 bits per heavy atom. The fraction of sp³-hybridized carbons (Fsp3) is 0.111. The van der Waals surface area contributed by atoms with Gasteiger partial charge in [0.1, 0.15) is 5.58 Å². The summed E-state index contributed by atoms with van der Waals surface area (Å²) in [6.45, 7) is 1.81. The van der Waals surface area contributed by atoms with Gasteiger partial charge >= 0.3 is 5.91 Å². The van der Waals surface area contributed by atoms with Crippen LogP contribution in [0.1, 0.15) is 21.7 Å². The quantitative estimate of drug-likeness (QED) is 0.547. The molecule has 128 valence electrons. The number of carbonyl (C=O) groups is 1. The molecule has 0 aliphatic rings. The van der Waals surface area contributed by atoms with E-state index in [1.807, 2.05) is 25.1 Å². The topological polar surface area (TPSA) is 84.1 Å². The van der Waals surface area contributed by atoms with Crippen molar-refractivity contribution in [2.75, 3.05) is 7.11 Å². The first kappa shape index (κ1) is 16.9. The Morgan fingerprint density at radius 2 is 2.12 bits per heavy atom. The van der Waals surface area contributed by atoms with Crippen molar-refractivity contribution in [2.24, 2.45) is 5.10 Å². The molecular formula is C18H15ClN2O4. The van der Waals surface area contributed by atoms with Gasteiger partial charge in [0.25, 0.3) is 0 Å². The molecule has 0 atom stereocenters. The van der Waals surface area contributed by atoms with E-state index >= 15 is 0 Å². The van der Waals surface area contributed by atoms with E-state index in [1.54, 1.807) is 12.1 Å². The summed E-state index contributed by atoms with van der Waals surface area (Å²) in [5, 5.41) is 14.6. The SMILES string of the molecule is COc1cc(/C=N/NC(=O)c2oc3ccccc3c2C)cc(Cl)c1O. The molecule has 1 amide bonds. The highest BCUT2D eigenvalue weighted by Gasteiger charge is 2.16. The van der Waals surface area contributed by atoms with Gasteiger partial charge in [-0.1, -0.05) is 29.8 Å². The third kappa shape index (κ3) is 3.29. The van der Waals surface area contributed by atoms with Crippen LogP contribution < -0.4 is 10.2 Å². The Morgan fingerprint density at radius 3 is 2.84 bits per heavy atom. The second-order valence-corrected chi connectivity index (χ2v) is 5.71. The number of phenolic OH excluding ortho intramolecular Hbond substituents is 1. The van der Waals surface area contributed by atoms with Crippen molar-refractivity contribution in [3.05, 3.63) is 58.3 Å². The number of rotatable bonds is 4. The lowest BCUT2D eigenvalue weighted by molar-refractivity contribution is 0.0929. The number of methoxy groups -OCH3 is 1. The van der Waals surface area contributed by atoms with E-state index < -0.39 is 5.91 Å². The van der Waals surface area contributed by atoms with Gasteiger partial charge < -0.3 is 14.3 Å². The summed E-state index contributed by atoms with van der Waals surface area (Å²) in [6.07, 6.45) is 1.39. The maximum Gasteiger partial charge on any atom is 0.307 e. The lowest BCUT2D eigenvalue weighted by atomic mass is 10.1. The Bertz CT molecular complexity index is 979. The summed E-state index contributed by atoms with van der Waals surface area (Å²) in [4.78, 5) is 12.3. The standard InChI is InChI=1S/C18H15ClN2O4/c1-10-12-5-3-4-6-14(12)25-17(10)18(23)21-20-9-11-7-13(19)16(22)15(8-11)24-2/h3-9,22H,1-2H3,(H,21,23)/b20-9+. The molecule has 0 aliphatic heterocycles. The molecule has 25 heavy (non-hydrogen) atoms. The van der Waals surface area contributed by atoms with Crippen LogP contribution in [0, 0.1) is 6.92 Å². The molecular weight excluding hydrogens is 344 g/mol. The van der Waals surface area contributed by atoms with Crippen LogP contribution in [0.4, 0.5) is 0 Å². The number of furan rings is 1. The molecule has 2 N–H and O–H groups in total. The first-order valence-electron chi connectivity index (χ1n) is 7.39. The third-order valence-corrected chi connectivity index (χ3v) is 3.99. The van der Waals surface area contributed by atoms with Crippen LogP contribution in [0.2, 0.25) is 5.02 Å². The minimum atomic E-state index is -0.457. The van der Waals surface area contributed by atoms with E-state index in [0.29, 0.717) is 11.1 Å². The van der Waals surface area contributed by atoms with Gasteiger partial charge in [-0.3, -0.25) is 4.79 Å². The average Bonchev–Trinajstić information content (AvgIpc) is 2.95. The number of aromatic hydroxyl groups is 1. The Hall–Kier alpha value is -2.99. The van der Waals surface area contributed by atoms with Crippen LogP contribution in [0.25, 0.3) is 11.0 Å². The van der Waals surface area contributed by atoms with E-state index in [2.05, 4.69) is 10.5 Å². The number of ether oxygens (including phenoxy) is 1. The molecule has 0 radical (unpaired) electrons. The molecule has 0 unspecified atom stereocenters. The maximum atomic E-state index is 12.3. The molecule has 1 heterocycles. The number of phenols is 1. The van der Waals surface area contributed by atoms with E-state index in [9.17, 15) is 9.90 Å². The number of nitrogens with one attached hydrogen (secondary N) is 1. The minimum Gasteiger partial charge on any atom is -0.503 e. The van der Waals surface area contributed by atoms with Crippen LogP contribution in [0.5, 0.6) is 11.5 Å². The molecule has 3 aromatic rings. The largest absolute Gasteiger partial charge is 0.503 e. The maximum absolute atomic E-state index is 12.3. The lowest BCUT2D eigenvalue weighted by Gasteiger charge is -2.05. The van der Waals surface area contributed by atoms with E-state index in [0.717, 1.165) is 10.9 Å². The van der Waals surface area contributed by atoms with Crippen molar-refractivity contribution < 1.29 is 19.1 Å². The Labute approximate surface area is 148 Å². The van der Waals surface area contributed by atoms with Gasteiger partial charge in [0.2, 0.25) is 0 Å². The fourth-order valence-corrected chi connectivity index (χ4v) is 2.65. The molecule has 6 nitrogen and oxygen atoms in total. The number of hydrazone groups is 1. The van der Waals surface area contributed by atoms with Gasteiger partial charge in [-0.25, -0.2) is 5.43 Å². The van der Waals surface area contributed by atoms with E-state index in [1.165, 1.54) is 19.4 Å². The Balaban J connectivity index is 1.79. The molecule has 7 heteroatoms. The lowest BCUT2D eigenvalue weighted by Crippen LogP contribution is -2.17. The summed E-state index contributed by atoms with van der Waals surface area (Å²) in [5.41, 5.74) is 4.36. The number of nitrogens with zero attached hydrogens (tertiary/aromatic N) is 1. The first-order valence-corrected chi connectivity index (χ1v) is 7.77. The number of hydrogen-bond acceptors (Lipinski definition) is 5. The number of fused-ring (bicyclic) bond motifs is 1. The summed E-state index contributed by atoms with van der Waals surface area (Å²) in [7, 11) is 1.42. The molecule has 0 spiro atoms. The van der Waals surface area contributed by atoms with Gasteiger partial charge in [-0.15, -0.1) is 0 Å². The highest BCUT2D eigenvalue weighted by molar-refractivity contribution is 6.32. The molecule has 0 saturated carbocycles. The average molecular weight is 359 g/mol. The van der Waals surface area contributed by atoms with Gasteiger partial charge in [-0.05, 0) is 30.7 Å². The normalized spacial score (nSPS) is 11.2. The second kappa shape index (κ2) is 6.86. The predicted molar refractivity (Wildman–Crippen MR) is 95.7 cm³/mol. The van der Waals surface area contributed by atoms with Crippen LogP contribution in [-0.2, 0) is 0 Å². The number of para-hydroxylation sites is 1. The van der Waals surface area contributed by atoms with Crippen molar-refractivity contribution >= 4 is 34.7 Å². The number of hydrogen-bond donors (Lipinski definition) is 2. The minimum absolute atomic E-state index is 0.125. The number of carbonyl (C=O) groups excluding carboxylic acids is 1. The molecule has 0 aliphatic carbocycles. The highest BCUT2D eigenvalue weighted by Crippen LogP contribution is 2.34. The van der Waals surface area contributed by atoms with Crippen molar-refractivity contribution in [1.82, 2.24) is 5.43 Å². The predicted octanol–water partition coefficient (Wildman–Crippen LogP) is 3.87. The summed E-state index contributed by atoms with van der Waals surface area (Å²) in [5.74, 6) is -0.182. The van der Waals surface area contributed by atoms with Gasteiger partial charge in [0, 0.05) is 10.9 Å².